The molecule has 120 valence electrons. The van der Waals surface area contributed by atoms with E-state index in [-0.39, 0.29) is 0 Å². The molecule has 4 nitrogen and oxygen atoms in total. The van der Waals surface area contributed by atoms with Gasteiger partial charge >= 0.3 is 10.2 Å². The molecule has 1 aliphatic carbocycles. The molecule has 5 heteroatoms. The molecular weight excluding hydrogens is 308 g/mol. The second kappa shape index (κ2) is 4.99. The van der Waals surface area contributed by atoms with Crippen molar-refractivity contribution in [3.63, 3.8) is 0 Å². The highest BCUT2D eigenvalue weighted by Crippen LogP contribution is 2.44. The van der Waals surface area contributed by atoms with E-state index in [1.165, 1.54) is 9.87 Å². The Kier molecular flexibility index (Phi) is 3.17. The van der Waals surface area contributed by atoms with Gasteiger partial charge in [0, 0.05) is 13.6 Å². The first-order chi connectivity index (χ1) is 11.0. The van der Waals surface area contributed by atoms with E-state index >= 15 is 0 Å². The molecule has 2 aliphatic rings. The van der Waals surface area contributed by atoms with Crippen molar-refractivity contribution in [2.45, 2.75) is 19.8 Å². The smallest absolute Gasteiger partial charge is 0.254 e. The Balaban J connectivity index is 1.79. The number of nitrogens with zero attached hydrogens (tertiary/aromatic N) is 2. The van der Waals surface area contributed by atoms with E-state index in [4.69, 9.17) is 0 Å². The molecule has 0 N–H and O–H groups in total. The lowest BCUT2D eigenvalue weighted by atomic mass is 10.0. The van der Waals surface area contributed by atoms with Crippen molar-refractivity contribution in [1.82, 2.24) is 0 Å². The minimum atomic E-state index is -3.42. The van der Waals surface area contributed by atoms with Crippen LogP contribution in [0.2, 0.25) is 0 Å². The van der Waals surface area contributed by atoms with E-state index in [2.05, 4.69) is 25.1 Å². The number of fused-ring (bicyclic) bond motifs is 1. The van der Waals surface area contributed by atoms with Gasteiger partial charge in [-0.2, -0.15) is 8.42 Å². The summed E-state index contributed by atoms with van der Waals surface area (Å²) in [6.45, 7) is 2.66. The van der Waals surface area contributed by atoms with E-state index in [1.54, 1.807) is 11.4 Å². The average molecular weight is 328 g/mol. The third-order valence-electron chi connectivity index (χ3n) is 4.68. The monoisotopic (exact) mass is 328 g/mol. The summed E-state index contributed by atoms with van der Waals surface area (Å²) in [4.78, 5) is 0. The number of rotatable bonds is 3. The zero-order valence-corrected chi connectivity index (χ0v) is 14.2. The molecule has 2 aromatic rings. The van der Waals surface area contributed by atoms with E-state index in [0.717, 1.165) is 35.3 Å². The third-order valence-corrected chi connectivity index (χ3v) is 6.47. The molecule has 0 saturated heterocycles. The number of hydrogen-bond donors (Lipinski definition) is 0. The van der Waals surface area contributed by atoms with Crippen LogP contribution in [0.3, 0.4) is 0 Å². The molecule has 0 unspecified atom stereocenters. The van der Waals surface area contributed by atoms with Crippen LogP contribution < -0.4 is 8.61 Å². The molecule has 0 aromatic heterocycles. The molecule has 0 radical (unpaired) electrons. The molecule has 1 aliphatic heterocycles. The van der Waals surface area contributed by atoms with Gasteiger partial charge in [0.2, 0.25) is 0 Å². The Labute approximate surface area is 137 Å². The summed E-state index contributed by atoms with van der Waals surface area (Å²) >= 11 is 0. The highest BCUT2D eigenvalue weighted by atomic mass is 32.2. The lowest BCUT2D eigenvalue weighted by Gasteiger charge is -2.18. The van der Waals surface area contributed by atoms with Crippen LogP contribution in [-0.4, -0.2) is 22.0 Å². The largest absolute Gasteiger partial charge is 0.326 e. The number of aryl methyl sites for hydroxylation is 1. The van der Waals surface area contributed by atoms with Crippen LogP contribution in [0.4, 0.5) is 11.4 Å². The van der Waals surface area contributed by atoms with E-state index in [9.17, 15) is 8.42 Å². The predicted octanol–water partition coefficient (Wildman–Crippen LogP) is 3.57. The predicted molar refractivity (Wildman–Crippen MR) is 94.0 cm³/mol. The molecule has 23 heavy (non-hydrogen) atoms. The van der Waals surface area contributed by atoms with Gasteiger partial charge in [0.05, 0.1) is 11.4 Å². The van der Waals surface area contributed by atoms with Gasteiger partial charge in [0.15, 0.2) is 0 Å². The lowest BCUT2D eigenvalue weighted by molar-refractivity contribution is 0.590. The van der Waals surface area contributed by atoms with Gasteiger partial charge in [-0.05, 0) is 48.9 Å². The molecule has 1 heterocycles. The molecule has 1 saturated carbocycles. The summed E-state index contributed by atoms with van der Waals surface area (Å²) in [7, 11) is -1.78. The van der Waals surface area contributed by atoms with Crippen molar-refractivity contribution >= 4 is 21.6 Å². The van der Waals surface area contributed by atoms with E-state index in [1.807, 2.05) is 24.3 Å². The van der Waals surface area contributed by atoms with Gasteiger partial charge in [-0.25, -0.2) is 0 Å². The highest BCUT2D eigenvalue weighted by Gasteiger charge is 2.40. The Morgan fingerprint density at radius 3 is 2.48 bits per heavy atom. The average Bonchev–Trinajstić information content (AvgIpc) is 3.32. The number of anilines is 2. The van der Waals surface area contributed by atoms with Gasteiger partial charge in [0.25, 0.3) is 0 Å². The van der Waals surface area contributed by atoms with Crippen LogP contribution in [0.5, 0.6) is 0 Å². The maximum absolute atomic E-state index is 12.7. The van der Waals surface area contributed by atoms with Crippen molar-refractivity contribution in [2.24, 2.45) is 5.92 Å². The maximum atomic E-state index is 12.7. The van der Waals surface area contributed by atoms with Crippen LogP contribution in [0.1, 0.15) is 18.4 Å². The van der Waals surface area contributed by atoms with Crippen LogP contribution in [0, 0.1) is 12.8 Å². The normalized spacial score (nSPS) is 19.0. The first-order valence-corrected chi connectivity index (χ1v) is 9.34. The Bertz CT molecular complexity index is 872. The SMILES string of the molecule is Cc1cccc(-c2ccc3c(c2)N(C)S(=O)(=O)N3CC2CC2)c1. The topological polar surface area (TPSA) is 40.6 Å². The van der Waals surface area contributed by atoms with Gasteiger partial charge in [-0.3, -0.25) is 8.61 Å². The van der Waals surface area contributed by atoms with Gasteiger partial charge in [0.1, 0.15) is 0 Å². The fourth-order valence-electron chi connectivity index (χ4n) is 3.11. The van der Waals surface area contributed by atoms with Crippen molar-refractivity contribution in [2.75, 3.05) is 22.2 Å². The van der Waals surface area contributed by atoms with Crippen molar-refractivity contribution < 1.29 is 8.42 Å². The lowest BCUT2D eigenvalue weighted by Crippen LogP contribution is -2.36. The molecule has 2 aromatic carbocycles. The molecule has 0 atom stereocenters. The van der Waals surface area contributed by atoms with Crippen LogP contribution in [-0.2, 0) is 10.2 Å². The minimum Gasteiger partial charge on any atom is -0.254 e. The van der Waals surface area contributed by atoms with Crippen molar-refractivity contribution in [3.05, 3.63) is 48.0 Å². The number of benzene rings is 2. The fourth-order valence-corrected chi connectivity index (χ4v) is 4.61. The summed E-state index contributed by atoms with van der Waals surface area (Å²) in [5, 5.41) is 0. The standard InChI is InChI=1S/C18H20N2O2S/c1-13-4-3-5-15(10-13)16-8-9-17-18(11-16)19(2)23(21,22)20(17)12-14-6-7-14/h3-5,8-11,14H,6-7,12H2,1-2H3. The Hall–Kier alpha value is -2.01. The minimum absolute atomic E-state index is 0.514. The third kappa shape index (κ3) is 2.39. The molecule has 1 fully saturated rings. The highest BCUT2D eigenvalue weighted by molar-refractivity contribution is 7.94. The van der Waals surface area contributed by atoms with Crippen LogP contribution in [0.15, 0.2) is 42.5 Å². The summed E-state index contributed by atoms with van der Waals surface area (Å²) in [5.41, 5.74) is 4.92. The second-order valence-electron chi connectivity index (χ2n) is 6.52. The summed E-state index contributed by atoms with van der Waals surface area (Å²) in [5.74, 6) is 0.514. The molecule has 0 bridgehead atoms. The second-order valence-corrected chi connectivity index (χ2v) is 8.41. The van der Waals surface area contributed by atoms with Crippen molar-refractivity contribution in [3.8, 4) is 11.1 Å². The zero-order valence-electron chi connectivity index (χ0n) is 13.4. The quantitative estimate of drug-likeness (QED) is 0.864. The fraction of sp³-hybridized carbons (Fsp3) is 0.333. The van der Waals surface area contributed by atoms with Gasteiger partial charge < -0.3 is 0 Å². The first-order valence-electron chi connectivity index (χ1n) is 7.94. The summed E-state index contributed by atoms with van der Waals surface area (Å²) in [6, 6.07) is 14.2. The van der Waals surface area contributed by atoms with E-state index in [0.29, 0.717) is 12.5 Å². The Morgan fingerprint density at radius 1 is 1.04 bits per heavy atom. The molecule has 0 amide bonds. The maximum Gasteiger partial charge on any atom is 0.326 e. The van der Waals surface area contributed by atoms with Crippen LogP contribution >= 0.6 is 0 Å². The number of hydrogen-bond acceptors (Lipinski definition) is 2. The summed E-state index contributed by atoms with van der Waals surface area (Å²) < 4.78 is 28.3. The van der Waals surface area contributed by atoms with Crippen molar-refractivity contribution in [1.29, 1.82) is 0 Å². The molecular formula is C18H20N2O2S. The molecule has 4 rings (SSSR count). The zero-order chi connectivity index (χ0) is 16.2. The van der Waals surface area contributed by atoms with E-state index < -0.39 is 10.2 Å². The summed E-state index contributed by atoms with van der Waals surface area (Å²) in [6.07, 6.45) is 2.26. The van der Waals surface area contributed by atoms with Crippen LogP contribution in [0.25, 0.3) is 11.1 Å². The molecule has 0 spiro atoms. The first kappa shape index (κ1) is 14.6. The van der Waals surface area contributed by atoms with Gasteiger partial charge in [-0.15, -0.1) is 0 Å². The Morgan fingerprint density at radius 2 is 1.78 bits per heavy atom. The van der Waals surface area contributed by atoms with Gasteiger partial charge in [-0.1, -0.05) is 35.9 Å².